The highest BCUT2D eigenvalue weighted by Crippen LogP contribution is 2.35. The maximum absolute atomic E-state index is 13.5. The van der Waals surface area contributed by atoms with E-state index in [-0.39, 0.29) is 18.0 Å². The summed E-state index contributed by atoms with van der Waals surface area (Å²) >= 11 is 0. The number of hydrogen-bond acceptors (Lipinski definition) is 7. The number of methoxy groups -OCH3 is 1. The van der Waals surface area contributed by atoms with Crippen LogP contribution in [0.15, 0.2) is 85.1 Å². The third-order valence-electron chi connectivity index (χ3n) is 8.13. The van der Waals surface area contributed by atoms with Crippen LogP contribution < -0.4 is 14.4 Å². The van der Waals surface area contributed by atoms with Crippen molar-refractivity contribution in [2.24, 2.45) is 0 Å². The van der Waals surface area contributed by atoms with Gasteiger partial charge in [0.1, 0.15) is 18.0 Å². The summed E-state index contributed by atoms with van der Waals surface area (Å²) in [6.45, 7) is 9.77. The molecule has 1 saturated heterocycles. The molecule has 0 amide bonds. The lowest BCUT2D eigenvalue weighted by molar-refractivity contribution is 0.0376. The average Bonchev–Trinajstić information content (AvgIpc) is 3.53. The monoisotopic (exact) mass is 581 g/mol. The molecule has 3 aromatic rings. The first-order valence-corrected chi connectivity index (χ1v) is 15.3. The highest BCUT2D eigenvalue weighted by atomic mass is 16.5. The second kappa shape index (κ2) is 14.4. The number of carbonyl (C=O) groups excluding carboxylic acids is 1. The fourth-order valence-corrected chi connectivity index (χ4v) is 5.94. The van der Waals surface area contributed by atoms with Crippen LogP contribution in [0.2, 0.25) is 0 Å². The number of carbonyl (C=O) groups is 1. The van der Waals surface area contributed by atoms with Crippen LogP contribution in [0.1, 0.15) is 66.6 Å². The fourth-order valence-electron chi connectivity index (χ4n) is 5.94. The number of likely N-dealkylation sites (N-methyl/N-ethyl adjacent to an activating group) is 1. The van der Waals surface area contributed by atoms with Crippen LogP contribution in [0.5, 0.6) is 11.5 Å². The van der Waals surface area contributed by atoms with Gasteiger partial charge in [0, 0.05) is 37.8 Å². The Balaban J connectivity index is 1.33. The molecule has 1 aliphatic heterocycles. The number of nitrogens with zero attached hydrogens (tertiary/aromatic N) is 3. The Morgan fingerprint density at radius 1 is 1.07 bits per heavy atom. The third kappa shape index (κ3) is 7.46. The number of rotatable bonds is 12. The van der Waals surface area contributed by atoms with Crippen LogP contribution in [0, 0.1) is 0 Å². The molecule has 7 nitrogen and oxygen atoms in total. The van der Waals surface area contributed by atoms with Crippen molar-refractivity contribution in [3.05, 3.63) is 107 Å². The lowest BCUT2D eigenvalue weighted by Crippen LogP contribution is -2.37. The Labute approximate surface area is 255 Å². The topological polar surface area (TPSA) is 64.1 Å². The molecule has 0 spiro atoms. The van der Waals surface area contributed by atoms with Gasteiger partial charge >= 0.3 is 5.97 Å². The van der Waals surface area contributed by atoms with Gasteiger partial charge in [0.05, 0.1) is 13.2 Å². The van der Waals surface area contributed by atoms with Gasteiger partial charge in [0.2, 0.25) is 0 Å². The number of pyridine rings is 1. The van der Waals surface area contributed by atoms with E-state index in [0.29, 0.717) is 18.2 Å². The SMILES string of the molecule is CCN(Cc1ccc(OC)c(OCc2ccccc2)c1)[C@@H]1CCN(c2nccc(C3C=CC=CC3)c2C(=O)OC(C)C)C1. The zero-order valence-electron chi connectivity index (χ0n) is 25.7. The van der Waals surface area contributed by atoms with Gasteiger partial charge in [-0.05, 0) is 68.1 Å². The number of allylic oxidation sites excluding steroid dienone is 4. The Bertz CT molecular complexity index is 1440. The minimum atomic E-state index is -0.298. The number of anilines is 1. The molecule has 0 bridgehead atoms. The van der Waals surface area contributed by atoms with E-state index in [1.165, 1.54) is 5.56 Å². The second-order valence-corrected chi connectivity index (χ2v) is 11.4. The van der Waals surface area contributed by atoms with Crippen molar-refractivity contribution in [2.45, 2.75) is 64.8 Å². The lowest BCUT2D eigenvalue weighted by atomic mass is 9.89. The van der Waals surface area contributed by atoms with Crippen molar-refractivity contribution < 1.29 is 19.0 Å². The van der Waals surface area contributed by atoms with E-state index in [9.17, 15) is 4.79 Å². The molecular formula is C36H43N3O4. The normalized spacial score (nSPS) is 18.0. The maximum atomic E-state index is 13.5. The number of esters is 1. The molecule has 1 aliphatic carbocycles. The zero-order chi connectivity index (χ0) is 30.2. The van der Waals surface area contributed by atoms with Gasteiger partial charge in [-0.15, -0.1) is 0 Å². The fraction of sp³-hybridized carbons (Fsp3) is 0.389. The molecule has 2 atom stereocenters. The molecule has 1 unspecified atom stereocenters. The molecule has 2 aliphatic rings. The van der Waals surface area contributed by atoms with Crippen LogP contribution >= 0.6 is 0 Å². The highest BCUT2D eigenvalue weighted by Gasteiger charge is 2.33. The standard InChI is InChI=1S/C36H43N3O4/c1-5-38(23-28-16-17-32(41-4)33(22-28)42-25-27-12-8-6-9-13-27)30-19-21-39(24-30)35-34(36(40)43-26(2)3)31(18-20-37-35)29-14-10-7-11-15-29/h6-14,16-18,20,22,26,29-30H,5,15,19,21,23-25H2,1-4H3/t29?,30-/m1/s1. The third-order valence-corrected chi connectivity index (χ3v) is 8.13. The molecule has 5 rings (SSSR count). The molecule has 226 valence electrons. The van der Waals surface area contributed by atoms with Gasteiger partial charge in [0.25, 0.3) is 0 Å². The summed E-state index contributed by atoms with van der Waals surface area (Å²) in [7, 11) is 1.67. The van der Waals surface area contributed by atoms with Gasteiger partial charge in [-0.2, -0.15) is 0 Å². The van der Waals surface area contributed by atoms with Gasteiger partial charge in [0.15, 0.2) is 11.5 Å². The summed E-state index contributed by atoms with van der Waals surface area (Å²) in [4.78, 5) is 23.0. The molecule has 0 saturated carbocycles. The predicted molar refractivity (Wildman–Crippen MR) is 171 cm³/mol. The predicted octanol–water partition coefficient (Wildman–Crippen LogP) is 6.93. The van der Waals surface area contributed by atoms with E-state index in [2.05, 4.69) is 59.2 Å². The quantitative estimate of drug-likeness (QED) is 0.215. The first kappa shape index (κ1) is 30.4. The van der Waals surface area contributed by atoms with E-state index in [1.54, 1.807) is 7.11 Å². The van der Waals surface area contributed by atoms with Crippen molar-refractivity contribution in [2.75, 3.05) is 31.6 Å². The summed E-state index contributed by atoms with van der Waals surface area (Å²) < 4.78 is 17.5. The van der Waals surface area contributed by atoms with Gasteiger partial charge < -0.3 is 19.1 Å². The average molecular weight is 582 g/mol. The van der Waals surface area contributed by atoms with Crippen molar-refractivity contribution >= 4 is 11.8 Å². The van der Waals surface area contributed by atoms with Crippen LogP contribution in [0.3, 0.4) is 0 Å². The van der Waals surface area contributed by atoms with Crippen LogP contribution in [0.4, 0.5) is 5.82 Å². The number of ether oxygens (including phenoxy) is 3. The van der Waals surface area contributed by atoms with Crippen molar-refractivity contribution in [1.82, 2.24) is 9.88 Å². The molecule has 7 heteroatoms. The zero-order valence-corrected chi connectivity index (χ0v) is 25.7. The second-order valence-electron chi connectivity index (χ2n) is 11.4. The van der Waals surface area contributed by atoms with Crippen molar-refractivity contribution in [1.29, 1.82) is 0 Å². The smallest absolute Gasteiger partial charge is 0.342 e. The van der Waals surface area contributed by atoms with Crippen molar-refractivity contribution in [3.63, 3.8) is 0 Å². The first-order chi connectivity index (χ1) is 21.0. The molecular weight excluding hydrogens is 538 g/mol. The molecule has 2 aromatic carbocycles. The number of benzene rings is 2. The Hall–Kier alpha value is -4.10. The number of hydrogen-bond donors (Lipinski definition) is 0. The number of aromatic nitrogens is 1. The van der Waals surface area contributed by atoms with E-state index in [4.69, 9.17) is 19.2 Å². The van der Waals surface area contributed by atoms with Crippen LogP contribution in [-0.4, -0.2) is 54.7 Å². The lowest BCUT2D eigenvalue weighted by Gasteiger charge is -2.29. The minimum absolute atomic E-state index is 0.125. The first-order valence-electron chi connectivity index (χ1n) is 15.3. The summed E-state index contributed by atoms with van der Waals surface area (Å²) in [5.41, 5.74) is 3.86. The van der Waals surface area contributed by atoms with Crippen LogP contribution in [0.25, 0.3) is 0 Å². The summed E-state index contributed by atoms with van der Waals surface area (Å²) in [5, 5.41) is 0. The van der Waals surface area contributed by atoms with E-state index in [1.807, 2.05) is 56.5 Å². The Kier molecular flexibility index (Phi) is 10.2. The Morgan fingerprint density at radius 2 is 1.91 bits per heavy atom. The molecule has 0 radical (unpaired) electrons. The van der Waals surface area contributed by atoms with E-state index in [0.717, 1.165) is 67.5 Å². The molecule has 1 aromatic heterocycles. The van der Waals surface area contributed by atoms with E-state index >= 15 is 0 Å². The maximum Gasteiger partial charge on any atom is 0.342 e. The summed E-state index contributed by atoms with van der Waals surface area (Å²) in [6.07, 6.45) is 11.9. The molecule has 43 heavy (non-hydrogen) atoms. The van der Waals surface area contributed by atoms with Gasteiger partial charge in [-0.3, -0.25) is 4.90 Å². The van der Waals surface area contributed by atoms with Gasteiger partial charge in [-0.1, -0.05) is 67.6 Å². The summed E-state index contributed by atoms with van der Waals surface area (Å²) in [5.74, 6) is 2.03. The van der Waals surface area contributed by atoms with Crippen LogP contribution in [-0.2, 0) is 17.9 Å². The highest BCUT2D eigenvalue weighted by molar-refractivity contribution is 5.97. The van der Waals surface area contributed by atoms with Gasteiger partial charge in [-0.25, -0.2) is 9.78 Å². The Morgan fingerprint density at radius 3 is 2.63 bits per heavy atom. The molecule has 1 fully saturated rings. The van der Waals surface area contributed by atoms with Crippen molar-refractivity contribution in [3.8, 4) is 11.5 Å². The largest absolute Gasteiger partial charge is 0.493 e. The summed E-state index contributed by atoms with van der Waals surface area (Å²) in [6, 6.07) is 18.6. The van der Waals surface area contributed by atoms with E-state index < -0.39 is 0 Å². The molecule has 2 heterocycles. The minimum Gasteiger partial charge on any atom is -0.493 e. The molecule has 0 N–H and O–H groups in total.